The van der Waals surface area contributed by atoms with Gasteiger partial charge in [0.2, 0.25) is 6.08 Å². The maximum atomic E-state index is 10.6. The van der Waals surface area contributed by atoms with E-state index in [-0.39, 0.29) is 5.69 Å². The van der Waals surface area contributed by atoms with Crippen molar-refractivity contribution in [1.82, 2.24) is 10.4 Å². The first-order valence-corrected chi connectivity index (χ1v) is 3.85. The Bertz CT molecular complexity index is 492. The highest BCUT2D eigenvalue weighted by Crippen LogP contribution is 2.11. The highest BCUT2D eigenvalue weighted by atomic mass is 16.6. The van der Waals surface area contributed by atoms with E-state index in [1.807, 2.05) is 0 Å². The summed E-state index contributed by atoms with van der Waals surface area (Å²) in [6.07, 6.45) is -0.826. The van der Waals surface area contributed by atoms with Crippen molar-refractivity contribution in [3.8, 4) is 11.8 Å². The summed E-state index contributed by atoms with van der Waals surface area (Å²) in [7, 11) is 0. The van der Waals surface area contributed by atoms with Gasteiger partial charge in [0.15, 0.2) is 0 Å². The molecule has 2 rings (SSSR count). The molecule has 1 aromatic carbocycles. The molecule has 1 aromatic heterocycles. The zero-order chi connectivity index (χ0) is 10.8. The summed E-state index contributed by atoms with van der Waals surface area (Å²) in [6.45, 7) is 0. The Balaban J connectivity index is 2.35. The second kappa shape index (κ2) is 3.33. The molecule has 0 amide bonds. The number of nitrogens with zero attached hydrogens (tertiary/aromatic N) is 4. The average molecular weight is 208 g/mol. The molecule has 0 fully saturated rings. The standard InChI is InChI=1S/C7H4N4O4/c12-7-8-10(9-15-7)5-1-3-6(4-2-5)11(13)14/h1-4H. The van der Waals surface area contributed by atoms with Crippen LogP contribution in [0.5, 0.6) is 6.08 Å². The summed E-state index contributed by atoms with van der Waals surface area (Å²) in [6, 6.07) is 5.38. The Hall–Kier alpha value is -2.51. The molecule has 8 heteroatoms. The van der Waals surface area contributed by atoms with E-state index in [1.165, 1.54) is 24.3 Å². The fourth-order valence-electron chi connectivity index (χ4n) is 1.00. The molecule has 15 heavy (non-hydrogen) atoms. The number of rotatable bonds is 2. The Morgan fingerprint density at radius 1 is 1.33 bits per heavy atom. The molecular weight excluding hydrogens is 204 g/mol. The van der Waals surface area contributed by atoms with Crippen LogP contribution in [0.1, 0.15) is 0 Å². The Kier molecular flexibility index (Phi) is 2.01. The van der Waals surface area contributed by atoms with Crippen LogP contribution in [0.25, 0.3) is 5.69 Å². The lowest BCUT2D eigenvalue weighted by atomic mass is 10.3. The first-order valence-electron chi connectivity index (χ1n) is 3.85. The van der Waals surface area contributed by atoms with E-state index in [0.29, 0.717) is 5.69 Å². The van der Waals surface area contributed by atoms with Crippen LogP contribution in [0, 0.1) is 10.1 Å². The molecule has 1 heterocycles. The molecule has 0 spiro atoms. The molecule has 0 saturated heterocycles. The summed E-state index contributed by atoms with van der Waals surface area (Å²) in [5, 5.41) is 27.6. The van der Waals surface area contributed by atoms with Crippen LogP contribution >= 0.6 is 0 Å². The maximum Gasteiger partial charge on any atom is 0.270 e. The lowest BCUT2D eigenvalue weighted by molar-refractivity contribution is -0.726. The highest BCUT2D eigenvalue weighted by molar-refractivity contribution is 5.35. The van der Waals surface area contributed by atoms with Crippen molar-refractivity contribution in [3.05, 3.63) is 34.4 Å². The van der Waals surface area contributed by atoms with E-state index in [2.05, 4.69) is 14.9 Å². The number of hydrogen-bond acceptors (Lipinski definition) is 6. The number of benzene rings is 1. The Morgan fingerprint density at radius 2 is 2.00 bits per heavy atom. The molecule has 76 valence electrons. The number of aromatic nitrogens is 3. The van der Waals surface area contributed by atoms with Gasteiger partial charge in [-0.25, -0.2) is 0 Å². The van der Waals surface area contributed by atoms with Gasteiger partial charge in [0, 0.05) is 24.3 Å². The van der Waals surface area contributed by atoms with Crippen LogP contribution in [0.3, 0.4) is 0 Å². The Morgan fingerprint density at radius 3 is 2.47 bits per heavy atom. The van der Waals surface area contributed by atoms with Gasteiger partial charge < -0.3 is 9.63 Å². The molecular formula is C7H4N4O4. The molecule has 0 bridgehead atoms. The lowest BCUT2D eigenvalue weighted by Crippen LogP contribution is -2.35. The largest absolute Gasteiger partial charge is 0.523 e. The van der Waals surface area contributed by atoms with Crippen molar-refractivity contribution >= 4 is 5.69 Å². The first kappa shape index (κ1) is 9.06. The van der Waals surface area contributed by atoms with Crippen LogP contribution in [-0.2, 0) is 0 Å². The van der Waals surface area contributed by atoms with Crippen LogP contribution in [0.2, 0.25) is 0 Å². The van der Waals surface area contributed by atoms with Crippen molar-refractivity contribution in [2.45, 2.75) is 0 Å². The van der Waals surface area contributed by atoms with Gasteiger partial charge in [-0.15, -0.1) is 0 Å². The van der Waals surface area contributed by atoms with Gasteiger partial charge in [0.25, 0.3) is 11.4 Å². The van der Waals surface area contributed by atoms with Gasteiger partial charge in [-0.1, -0.05) is 0 Å². The zero-order valence-corrected chi connectivity index (χ0v) is 7.23. The van der Waals surface area contributed by atoms with Gasteiger partial charge in [-0.3, -0.25) is 10.1 Å². The molecule has 0 saturated carbocycles. The van der Waals surface area contributed by atoms with E-state index in [4.69, 9.17) is 0 Å². The third-order valence-electron chi connectivity index (χ3n) is 1.66. The van der Waals surface area contributed by atoms with Crippen LogP contribution in [0.15, 0.2) is 28.8 Å². The van der Waals surface area contributed by atoms with Crippen molar-refractivity contribution in [2.75, 3.05) is 0 Å². The zero-order valence-electron chi connectivity index (χ0n) is 7.23. The molecule has 0 radical (unpaired) electrons. The predicted octanol–water partition coefficient (Wildman–Crippen LogP) is -0.672. The lowest BCUT2D eigenvalue weighted by Gasteiger charge is -1.88. The second-order valence-electron chi connectivity index (χ2n) is 2.60. The smallest absolute Gasteiger partial charge is 0.270 e. The summed E-state index contributed by atoms with van der Waals surface area (Å²) in [4.78, 5) is 10.8. The molecule has 0 unspecified atom stereocenters. The van der Waals surface area contributed by atoms with E-state index in [0.717, 1.165) is 4.80 Å². The summed E-state index contributed by atoms with van der Waals surface area (Å²) >= 11 is 0. The summed E-state index contributed by atoms with van der Waals surface area (Å²) in [5.74, 6) is 0. The van der Waals surface area contributed by atoms with Gasteiger partial charge in [-0.05, 0) is 0 Å². The van der Waals surface area contributed by atoms with Gasteiger partial charge >= 0.3 is 0 Å². The molecule has 8 nitrogen and oxygen atoms in total. The summed E-state index contributed by atoms with van der Waals surface area (Å²) in [5.41, 5.74) is 0.358. The van der Waals surface area contributed by atoms with Crippen LogP contribution in [-0.4, -0.2) is 15.3 Å². The van der Waals surface area contributed by atoms with Gasteiger partial charge in [0.1, 0.15) is 5.27 Å². The third-order valence-corrected chi connectivity index (χ3v) is 1.66. The molecule has 0 aliphatic heterocycles. The van der Waals surface area contributed by atoms with Crippen molar-refractivity contribution in [1.29, 1.82) is 0 Å². The second-order valence-corrected chi connectivity index (χ2v) is 2.60. The van der Waals surface area contributed by atoms with Crippen molar-refractivity contribution in [3.63, 3.8) is 0 Å². The minimum Gasteiger partial charge on any atom is -0.523 e. The normalized spacial score (nSPS) is 10.1. The minimum absolute atomic E-state index is 0.0507. The minimum atomic E-state index is -0.826. The quantitative estimate of drug-likeness (QED) is 0.367. The predicted molar refractivity (Wildman–Crippen MR) is 41.9 cm³/mol. The summed E-state index contributed by atoms with van der Waals surface area (Å²) < 4.78 is 4.21. The number of nitro benzene ring substituents is 1. The van der Waals surface area contributed by atoms with E-state index < -0.39 is 11.0 Å². The molecule has 2 aromatic rings. The highest BCUT2D eigenvalue weighted by Gasteiger charge is 2.13. The monoisotopic (exact) mass is 208 g/mol. The first-order chi connectivity index (χ1) is 7.16. The number of nitro groups is 1. The molecule has 0 atom stereocenters. The van der Waals surface area contributed by atoms with Crippen molar-refractivity contribution in [2.24, 2.45) is 0 Å². The van der Waals surface area contributed by atoms with E-state index in [9.17, 15) is 15.2 Å². The average Bonchev–Trinajstić information content (AvgIpc) is 2.65. The molecule has 0 aliphatic rings. The van der Waals surface area contributed by atoms with Crippen LogP contribution in [0.4, 0.5) is 5.69 Å². The topological polar surface area (TPSA) is 109 Å². The van der Waals surface area contributed by atoms with Gasteiger partial charge in [0.05, 0.1) is 14.8 Å². The fraction of sp³-hybridized carbons (Fsp3) is 0. The maximum absolute atomic E-state index is 10.6. The number of non-ortho nitro benzene ring substituents is 1. The third kappa shape index (κ3) is 1.73. The van der Waals surface area contributed by atoms with Crippen LogP contribution < -0.4 is 9.90 Å². The number of hydrogen-bond donors (Lipinski definition) is 0. The Labute approximate surface area is 82.5 Å². The van der Waals surface area contributed by atoms with E-state index in [1.54, 1.807) is 0 Å². The molecule has 0 N–H and O–H groups in total. The SMILES string of the molecule is O=[N+]([O-])c1ccc(-[n+]2noc([O-])n2)cc1. The van der Waals surface area contributed by atoms with E-state index >= 15 is 0 Å². The van der Waals surface area contributed by atoms with Crippen molar-refractivity contribution < 1.29 is 19.3 Å². The fourth-order valence-corrected chi connectivity index (χ4v) is 1.00. The van der Waals surface area contributed by atoms with Gasteiger partial charge in [-0.2, -0.15) is 0 Å². The molecule has 0 aliphatic carbocycles.